The number of primary amides is 1. The number of carboxylic acids is 1. The molecule has 19 N–H and O–H groups in total. The molecule has 1 aliphatic heterocycles. The number of nitrogens with zero attached hydrogens (tertiary/aromatic N) is 5. The van der Waals surface area contributed by atoms with Crippen molar-refractivity contribution in [2.75, 3.05) is 72.9 Å². The van der Waals surface area contributed by atoms with Crippen LogP contribution in [0.1, 0.15) is 92.7 Å². The van der Waals surface area contributed by atoms with Crippen LogP contribution in [0.2, 0.25) is 0 Å². The van der Waals surface area contributed by atoms with Gasteiger partial charge in [-0.25, -0.2) is 0 Å². The lowest BCUT2D eigenvalue weighted by molar-refractivity contribution is -0.151. The number of carbonyl (C=O) groups is 16. The molecule has 1 aromatic heterocycles. The molecule has 1 fully saturated rings. The second kappa shape index (κ2) is 50.5. The molecule has 39 heteroatoms. The summed E-state index contributed by atoms with van der Waals surface area (Å²) < 4.78 is 0. The molecule has 8 rings (SSSR count). The van der Waals surface area contributed by atoms with Gasteiger partial charge in [0.2, 0.25) is 88.6 Å². The van der Waals surface area contributed by atoms with Crippen molar-refractivity contribution >= 4 is 123 Å². The smallest absolute Gasteiger partial charge is 0.305 e. The van der Waals surface area contributed by atoms with Gasteiger partial charge in [-0.05, 0) is 88.9 Å². The number of nitrogens with two attached hydrogens (primary N) is 2. The van der Waals surface area contributed by atoms with E-state index in [0.29, 0.717) is 57.1 Å². The molecule has 0 bridgehead atoms. The van der Waals surface area contributed by atoms with Crippen molar-refractivity contribution < 1.29 is 92.0 Å². The zero-order valence-electron chi connectivity index (χ0n) is 75.0. The van der Waals surface area contributed by atoms with Crippen molar-refractivity contribution in [1.29, 1.82) is 5.41 Å². The van der Waals surface area contributed by atoms with E-state index in [2.05, 4.69) is 58.2 Å². The number of nitrogens with one attached hydrogen (secondary N) is 12. The predicted octanol–water partition coefficient (Wildman–Crippen LogP) is 0.544. The van der Waals surface area contributed by atoms with E-state index in [-0.39, 0.29) is 75.8 Å². The average molecular weight is 1840 g/mol. The van der Waals surface area contributed by atoms with E-state index in [4.69, 9.17) is 16.9 Å². The minimum absolute atomic E-state index is 0.00206. The molecule has 6 aromatic carbocycles. The summed E-state index contributed by atoms with van der Waals surface area (Å²) in [7, 11) is 6.48. The highest BCUT2D eigenvalue weighted by Crippen LogP contribution is 2.25. The SMILES string of the molecule is CCCC[C@H]1C(=O)N(C)CC(=O)N[C@@H](CC(=O)O)C(=O)N[C@@H](C(C)C)C(=O)N(C)[C@@H](Cc2ccccc2)C(=O)N[C@@H](Cc2ccc(O)cc2)C(=O)N(C)CC(=O)N[C@@H](Cc2c[nH]c3ccccc23)C(=O)N[C@@H](Cc2ccc(O)cc2)C(=O)N[C@@H](CCCNC(=N)N)C(=O)N[C@H](C(=O)NCC(N)=O)CSCC(=O)N[C@@H](Cc2ccccc2)C(=O)N(C)[C@@H](Cc2ccccc2)C(=O)N1C. The van der Waals surface area contributed by atoms with Crippen LogP contribution in [0.5, 0.6) is 11.5 Å². The van der Waals surface area contributed by atoms with E-state index in [0.717, 1.165) is 36.3 Å². The number of fused-ring (bicyclic) bond motifs is 1. The minimum Gasteiger partial charge on any atom is -0.508 e. The number of H-pyrrole nitrogens is 1. The summed E-state index contributed by atoms with van der Waals surface area (Å²) in [6.45, 7) is 2.55. The van der Waals surface area contributed by atoms with Crippen LogP contribution in [0.4, 0.5) is 0 Å². The molecule has 0 aliphatic carbocycles. The number of hydrogen-bond acceptors (Lipinski definition) is 20. The lowest BCUT2D eigenvalue weighted by Crippen LogP contribution is -2.61. The summed E-state index contributed by atoms with van der Waals surface area (Å²) in [5.41, 5.74) is 14.6. The molecule has 0 saturated carbocycles. The fourth-order valence-corrected chi connectivity index (χ4v) is 15.9. The average Bonchev–Trinajstić information content (AvgIpc) is 1.03. The van der Waals surface area contributed by atoms with Crippen LogP contribution in [-0.4, -0.2) is 285 Å². The molecule has 7 aromatic rings. The number of guanidine groups is 1. The van der Waals surface area contributed by atoms with E-state index in [1.54, 1.807) is 135 Å². The Balaban J connectivity index is 1.22. The molecule has 1 aliphatic rings. The molecule has 132 heavy (non-hydrogen) atoms. The van der Waals surface area contributed by atoms with E-state index in [9.17, 15) is 48.9 Å². The Morgan fingerprint density at radius 2 is 0.917 bits per heavy atom. The summed E-state index contributed by atoms with van der Waals surface area (Å²) in [5.74, 6) is -18.1. The van der Waals surface area contributed by atoms with Gasteiger partial charge >= 0.3 is 5.97 Å². The number of phenols is 2. The molecular weight excluding hydrogens is 1720 g/mol. The number of rotatable bonds is 25. The molecule has 1 saturated heterocycles. The zero-order chi connectivity index (χ0) is 96.4. The number of aromatic nitrogens is 1. The molecule has 2 heterocycles. The number of hydrogen-bond donors (Lipinski definition) is 17. The van der Waals surface area contributed by atoms with E-state index in [1.807, 2.05) is 6.92 Å². The van der Waals surface area contributed by atoms with Crippen LogP contribution in [0.3, 0.4) is 0 Å². The maximum atomic E-state index is 15.5. The van der Waals surface area contributed by atoms with Gasteiger partial charge < -0.3 is 109 Å². The first kappa shape index (κ1) is 103. The Morgan fingerprint density at radius 3 is 1.46 bits per heavy atom. The van der Waals surface area contributed by atoms with Gasteiger partial charge in [0.1, 0.15) is 78.0 Å². The van der Waals surface area contributed by atoms with Crippen molar-refractivity contribution in [1.82, 2.24) is 82.7 Å². The van der Waals surface area contributed by atoms with Crippen molar-refractivity contribution in [3.05, 3.63) is 203 Å². The molecule has 11 atom stereocenters. The Labute approximate surface area is 768 Å². The topological polar surface area (TPSA) is 562 Å². The maximum Gasteiger partial charge on any atom is 0.305 e. The van der Waals surface area contributed by atoms with Crippen LogP contribution in [0.15, 0.2) is 170 Å². The van der Waals surface area contributed by atoms with Gasteiger partial charge in [-0.1, -0.05) is 167 Å². The molecule has 0 radical (unpaired) electrons. The molecule has 38 nitrogen and oxygen atoms in total. The van der Waals surface area contributed by atoms with E-state index in [1.165, 1.54) is 83.8 Å². The number of carbonyl (C=O) groups excluding carboxylic acids is 15. The Bertz CT molecular complexity index is 5190. The van der Waals surface area contributed by atoms with Crippen LogP contribution < -0.4 is 64.6 Å². The Kier molecular flexibility index (Phi) is 39.4. The van der Waals surface area contributed by atoms with Gasteiger partial charge in [0.25, 0.3) is 0 Å². The lowest BCUT2D eigenvalue weighted by Gasteiger charge is -2.37. The molecule has 706 valence electrons. The van der Waals surface area contributed by atoms with Gasteiger partial charge in [-0.2, -0.15) is 0 Å². The van der Waals surface area contributed by atoms with Crippen molar-refractivity contribution in [2.45, 2.75) is 164 Å². The van der Waals surface area contributed by atoms with Crippen molar-refractivity contribution in [3.63, 3.8) is 0 Å². The van der Waals surface area contributed by atoms with Crippen LogP contribution in [0, 0.1) is 11.3 Å². The summed E-state index contributed by atoms with van der Waals surface area (Å²) in [6, 6.07) is 26.5. The third-order valence-electron chi connectivity index (χ3n) is 22.3. The largest absolute Gasteiger partial charge is 0.508 e. The second-order valence-electron chi connectivity index (χ2n) is 32.9. The van der Waals surface area contributed by atoms with Gasteiger partial charge in [0, 0.05) is 103 Å². The third kappa shape index (κ3) is 31.5. The first-order chi connectivity index (χ1) is 62.9. The monoisotopic (exact) mass is 1840 g/mol. The number of benzene rings is 6. The number of aliphatic carboxylic acids is 1. The highest BCUT2D eigenvalue weighted by Gasteiger charge is 2.42. The number of aromatic hydroxyl groups is 2. The summed E-state index contributed by atoms with van der Waals surface area (Å²) in [5, 5.41) is 65.9. The van der Waals surface area contributed by atoms with Crippen molar-refractivity contribution in [2.24, 2.45) is 17.4 Å². The number of thioether (sulfide) groups is 1. The number of carboxylic acid groups (broad SMARTS) is 1. The summed E-state index contributed by atoms with van der Waals surface area (Å²) >= 11 is 0.792. The number of amides is 15. The molecular formula is C93H119N19O19S. The maximum absolute atomic E-state index is 15.5. The fraction of sp³-hybridized carbons (Fsp3) is 0.409. The van der Waals surface area contributed by atoms with E-state index >= 15 is 43.2 Å². The summed E-state index contributed by atoms with van der Waals surface area (Å²) in [6.07, 6.45) is -0.280. The number of phenolic OH excluding ortho intramolecular Hbond substituents is 2. The zero-order valence-corrected chi connectivity index (χ0v) is 75.8. The quantitative estimate of drug-likeness (QED) is 0.0211. The lowest BCUT2D eigenvalue weighted by atomic mass is 9.98. The second-order valence-corrected chi connectivity index (χ2v) is 33.9. The van der Waals surface area contributed by atoms with Crippen LogP contribution >= 0.6 is 11.8 Å². The standard InChI is InChI=1S/C93H119N19O19S/c1-9-10-32-73-90(129)109(5)52-78(117)101-69(48-80(119)120)86(125)107-81(55(2)3)92(131)111(7)74(45-57-25-16-12-17-26-57)87(126)105-70(44-60-35-39-63(114)40-36-60)88(127)108(4)51-77(116)100-68(47-61-49-98-65-30-21-20-29-64(61)65)85(124)104-67(42-59-33-37-62(113)38-34-59)84(123)103-66(31-22-41-97-93(95)96)83(122)106-72(82(121)99-50-76(94)115)53-132-54-79(118)102-71(43-56-23-14-11-15-24-56)89(128)112(8)75(91(130)110(73)6)46-58-27-18-13-19-28-58/h11-21,23-30,33-40,49,55,66-75,81,98,113-114H,9-10,22,31-32,41-48,50-54H2,1-8H3,(H2,94,115)(H,99,121)(H,100,116)(H,101,117)(H,102,118)(H,103,123)(H,104,124)(H,105,126)(H,106,122)(H,107,125)(H,119,120)(H4,95,96,97)/t66-,67-,68-,69-,70-,71-,72-,73-,74-,75-,81-/m0/s1. The Hall–Kier alpha value is -14.4. The number of para-hydroxylation sites is 1. The Morgan fingerprint density at radius 1 is 0.462 bits per heavy atom. The van der Waals surface area contributed by atoms with Crippen molar-refractivity contribution in [3.8, 4) is 11.5 Å². The predicted molar refractivity (Wildman–Crippen MR) is 492 cm³/mol. The van der Waals surface area contributed by atoms with Crippen LogP contribution in [0.25, 0.3) is 10.9 Å². The molecule has 15 amide bonds. The highest BCUT2D eigenvalue weighted by molar-refractivity contribution is 8.00. The number of unbranched alkanes of at least 4 members (excludes halogenated alkanes) is 1. The van der Waals surface area contributed by atoms with Gasteiger partial charge in [-0.3, -0.25) is 82.1 Å². The first-order valence-corrected chi connectivity index (χ1v) is 44.4. The molecule has 0 spiro atoms. The highest BCUT2D eigenvalue weighted by atomic mass is 32.2. The number of likely N-dealkylation sites (N-methyl/N-ethyl adjacent to an activating group) is 5. The summed E-state index contributed by atoms with van der Waals surface area (Å²) in [4.78, 5) is 244. The van der Waals surface area contributed by atoms with Gasteiger partial charge in [0.05, 0.1) is 31.8 Å². The van der Waals surface area contributed by atoms with E-state index < -0.39 is 210 Å². The normalized spacial score (nSPS) is 21.6. The van der Waals surface area contributed by atoms with Gasteiger partial charge in [0.15, 0.2) is 5.96 Å². The number of aromatic amines is 1. The third-order valence-corrected chi connectivity index (χ3v) is 23.4. The fourth-order valence-electron chi connectivity index (χ4n) is 15.0. The first-order valence-electron chi connectivity index (χ1n) is 43.2. The van der Waals surface area contributed by atoms with Crippen LogP contribution in [-0.2, 0) is 115 Å². The molecule has 0 unspecified atom stereocenters. The minimum atomic E-state index is -1.91. The van der Waals surface area contributed by atoms with Gasteiger partial charge in [-0.15, -0.1) is 11.8 Å².